The third kappa shape index (κ3) is 2.05. The van der Waals surface area contributed by atoms with Gasteiger partial charge in [-0.2, -0.15) is 0 Å². The summed E-state index contributed by atoms with van der Waals surface area (Å²) >= 11 is 0. The Labute approximate surface area is 64.8 Å². The number of nitrogens with zero attached hydrogens (tertiary/aromatic N) is 1. The molecular weight excluding hydrogens is 142 g/mol. The summed E-state index contributed by atoms with van der Waals surface area (Å²) in [7, 11) is 0. The fraction of sp³-hybridized carbons (Fsp3) is 0.125. The highest BCUT2D eigenvalue weighted by atomic mass is 16.5. The molecule has 3 nitrogen and oxygen atoms in total. The molecule has 0 aliphatic heterocycles. The minimum atomic E-state index is -0.121. The first-order valence-corrected chi connectivity index (χ1v) is 3.21. The van der Waals surface area contributed by atoms with Crippen molar-refractivity contribution in [3.8, 4) is 0 Å². The lowest BCUT2D eigenvalue weighted by Crippen LogP contribution is -2.19. The van der Waals surface area contributed by atoms with Gasteiger partial charge in [0.1, 0.15) is 6.54 Å². The lowest BCUT2D eigenvalue weighted by atomic mass is 10.3. The fourth-order valence-electron chi connectivity index (χ4n) is 0.752. The summed E-state index contributed by atoms with van der Waals surface area (Å²) in [4.78, 5) is 9.86. The number of hydrogen-bond acceptors (Lipinski definition) is 3. The van der Waals surface area contributed by atoms with Crippen molar-refractivity contribution in [1.82, 2.24) is 0 Å². The van der Waals surface area contributed by atoms with E-state index in [9.17, 15) is 4.79 Å². The van der Waals surface area contributed by atoms with Crippen LogP contribution in [0.4, 0.5) is 5.69 Å². The first kappa shape index (κ1) is 7.75. The monoisotopic (exact) mass is 150 g/mol. The van der Waals surface area contributed by atoms with Gasteiger partial charge in [0.2, 0.25) is 6.29 Å². The van der Waals surface area contributed by atoms with Gasteiger partial charge in [-0.25, -0.2) is 5.06 Å². The lowest BCUT2D eigenvalue weighted by Gasteiger charge is -2.11. The van der Waals surface area contributed by atoms with E-state index in [-0.39, 0.29) is 6.54 Å². The summed E-state index contributed by atoms with van der Waals surface area (Å²) in [6.45, 7) is -0.121. The number of hydroxylamine groups is 1. The molecule has 3 heteroatoms. The molecule has 0 spiro atoms. The van der Waals surface area contributed by atoms with Crippen LogP contribution in [0.3, 0.4) is 0 Å². The zero-order valence-corrected chi connectivity index (χ0v) is 5.90. The van der Waals surface area contributed by atoms with Crippen molar-refractivity contribution in [3.05, 3.63) is 30.3 Å². The first-order valence-electron chi connectivity index (χ1n) is 3.21. The SMILES string of the molecule is O=[C]CN(O)c1ccccc1. The maximum Gasteiger partial charge on any atom is 0.222 e. The standard InChI is InChI=1S/C8H8NO2/c10-7-6-9(11)8-4-2-1-3-5-8/h1-5,11H,6H2. The number of rotatable bonds is 3. The molecule has 0 unspecified atom stereocenters. The van der Waals surface area contributed by atoms with E-state index in [2.05, 4.69) is 0 Å². The molecule has 0 atom stereocenters. The van der Waals surface area contributed by atoms with Crippen LogP contribution < -0.4 is 5.06 Å². The van der Waals surface area contributed by atoms with Crippen LogP contribution in [0.5, 0.6) is 0 Å². The second-order valence-corrected chi connectivity index (χ2v) is 2.04. The van der Waals surface area contributed by atoms with Gasteiger partial charge in [-0.15, -0.1) is 0 Å². The topological polar surface area (TPSA) is 40.5 Å². The Morgan fingerprint density at radius 3 is 2.55 bits per heavy atom. The second-order valence-electron chi connectivity index (χ2n) is 2.04. The summed E-state index contributed by atoms with van der Waals surface area (Å²) in [6, 6.07) is 8.81. The van der Waals surface area contributed by atoms with Crippen LogP contribution in [0.2, 0.25) is 0 Å². The number of benzene rings is 1. The maximum atomic E-state index is 9.86. The average Bonchev–Trinajstić information content (AvgIpc) is 2.07. The fourth-order valence-corrected chi connectivity index (χ4v) is 0.752. The molecule has 1 radical (unpaired) electrons. The van der Waals surface area contributed by atoms with Crippen molar-refractivity contribution in [2.45, 2.75) is 0 Å². The number of hydrogen-bond donors (Lipinski definition) is 1. The molecule has 0 amide bonds. The van der Waals surface area contributed by atoms with Gasteiger partial charge < -0.3 is 0 Å². The van der Waals surface area contributed by atoms with Crippen LogP contribution in [0.15, 0.2) is 30.3 Å². The second kappa shape index (κ2) is 3.73. The van der Waals surface area contributed by atoms with Gasteiger partial charge in [-0.3, -0.25) is 10.0 Å². The molecule has 11 heavy (non-hydrogen) atoms. The van der Waals surface area contributed by atoms with Crippen LogP contribution in [-0.2, 0) is 4.79 Å². The van der Waals surface area contributed by atoms with Gasteiger partial charge in [-0.1, -0.05) is 18.2 Å². The third-order valence-corrected chi connectivity index (χ3v) is 1.27. The largest absolute Gasteiger partial charge is 0.289 e. The van der Waals surface area contributed by atoms with Gasteiger partial charge in [0.15, 0.2) is 0 Å². The molecule has 57 valence electrons. The van der Waals surface area contributed by atoms with E-state index in [0.29, 0.717) is 5.69 Å². The summed E-state index contributed by atoms with van der Waals surface area (Å²) in [5, 5.41) is 9.93. The molecule has 0 aliphatic carbocycles. The molecule has 0 aromatic heterocycles. The van der Waals surface area contributed by atoms with Crippen molar-refractivity contribution in [2.75, 3.05) is 11.6 Å². The van der Waals surface area contributed by atoms with Gasteiger partial charge in [0, 0.05) is 0 Å². The van der Waals surface area contributed by atoms with Crippen LogP contribution in [0, 0.1) is 0 Å². The zero-order valence-electron chi connectivity index (χ0n) is 5.90. The molecule has 1 aromatic rings. The number of carbonyl (C=O) groups excluding carboxylic acids is 1. The predicted octanol–water partition coefficient (Wildman–Crippen LogP) is 0.992. The van der Waals surface area contributed by atoms with Gasteiger partial charge in [0.05, 0.1) is 5.69 Å². The minimum absolute atomic E-state index is 0.121. The Bertz CT molecular complexity index is 223. The highest BCUT2D eigenvalue weighted by molar-refractivity contribution is 5.59. The molecule has 0 saturated heterocycles. The highest BCUT2D eigenvalue weighted by Gasteiger charge is 1.98. The quantitative estimate of drug-likeness (QED) is 0.653. The minimum Gasteiger partial charge on any atom is -0.289 e. The molecule has 1 aromatic carbocycles. The number of anilines is 1. The van der Waals surface area contributed by atoms with Crippen molar-refractivity contribution < 1.29 is 10.0 Å². The van der Waals surface area contributed by atoms with E-state index >= 15 is 0 Å². The molecule has 0 fully saturated rings. The van der Waals surface area contributed by atoms with Gasteiger partial charge in [-0.05, 0) is 12.1 Å². The molecule has 0 bridgehead atoms. The Hall–Kier alpha value is -1.35. The molecule has 0 saturated carbocycles. The Balaban J connectivity index is 2.68. The maximum absolute atomic E-state index is 9.86. The first-order chi connectivity index (χ1) is 5.34. The van der Waals surface area contributed by atoms with Crippen molar-refractivity contribution in [3.63, 3.8) is 0 Å². The summed E-state index contributed by atoms with van der Waals surface area (Å²) in [6.07, 6.45) is 1.59. The van der Waals surface area contributed by atoms with E-state index in [1.165, 1.54) is 0 Å². The van der Waals surface area contributed by atoms with Crippen molar-refractivity contribution in [1.29, 1.82) is 0 Å². The molecular formula is C8H8NO2. The zero-order chi connectivity index (χ0) is 8.10. The van der Waals surface area contributed by atoms with Gasteiger partial charge >= 0.3 is 0 Å². The van der Waals surface area contributed by atoms with E-state index in [4.69, 9.17) is 5.21 Å². The Morgan fingerprint density at radius 2 is 2.00 bits per heavy atom. The molecule has 0 heterocycles. The lowest BCUT2D eigenvalue weighted by molar-refractivity contribution is 0.268. The smallest absolute Gasteiger partial charge is 0.222 e. The van der Waals surface area contributed by atoms with Crippen LogP contribution in [0.1, 0.15) is 0 Å². The van der Waals surface area contributed by atoms with Crippen LogP contribution in [0.25, 0.3) is 0 Å². The van der Waals surface area contributed by atoms with E-state index in [1.54, 1.807) is 30.6 Å². The van der Waals surface area contributed by atoms with E-state index in [0.717, 1.165) is 5.06 Å². The third-order valence-electron chi connectivity index (χ3n) is 1.27. The summed E-state index contributed by atoms with van der Waals surface area (Å²) in [5.74, 6) is 0. The van der Waals surface area contributed by atoms with E-state index < -0.39 is 0 Å². The summed E-state index contributed by atoms with van der Waals surface area (Å²) in [5.41, 5.74) is 0.593. The Morgan fingerprint density at radius 1 is 1.36 bits per heavy atom. The van der Waals surface area contributed by atoms with Gasteiger partial charge in [0.25, 0.3) is 0 Å². The molecule has 1 N–H and O–H groups in total. The molecule has 1 rings (SSSR count). The highest BCUT2D eigenvalue weighted by Crippen LogP contribution is 2.08. The van der Waals surface area contributed by atoms with Crippen molar-refractivity contribution >= 4 is 12.0 Å². The average molecular weight is 150 g/mol. The van der Waals surface area contributed by atoms with Crippen LogP contribution in [-0.4, -0.2) is 18.0 Å². The molecule has 0 aliphatic rings. The Kier molecular flexibility index (Phi) is 2.63. The van der Waals surface area contributed by atoms with Crippen LogP contribution >= 0.6 is 0 Å². The van der Waals surface area contributed by atoms with E-state index in [1.807, 2.05) is 6.07 Å². The number of para-hydroxylation sites is 1. The predicted molar refractivity (Wildman–Crippen MR) is 41.3 cm³/mol. The summed E-state index contributed by atoms with van der Waals surface area (Å²) < 4.78 is 0. The van der Waals surface area contributed by atoms with Crippen molar-refractivity contribution in [2.24, 2.45) is 0 Å². The normalized spacial score (nSPS) is 9.18.